The van der Waals surface area contributed by atoms with Gasteiger partial charge in [-0.05, 0) is 37.1 Å². The summed E-state index contributed by atoms with van der Waals surface area (Å²) in [6, 6.07) is 5.59. The normalized spacial score (nSPS) is 18.3. The van der Waals surface area contributed by atoms with Gasteiger partial charge in [0.15, 0.2) is 0 Å². The molecule has 1 aromatic rings. The molecule has 122 valence electrons. The smallest absolute Gasteiger partial charge is 0.327 e. The van der Waals surface area contributed by atoms with Crippen molar-refractivity contribution in [3.05, 3.63) is 35.5 Å². The molecule has 2 aliphatic rings. The Morgan fingerprint density at radius 1 is 1.35 bits per heavy atom. The Bertz CT molecular complexity index is 637. The summed E-state index contributed by atoms with van der Waals surface area (Å²) in [5, 5.41) is 3.52. The molecule has 0 bridgehead atoms. The maximum Gasteiger partial charge on any atom is 0.327 e. The van der Waals surface area contributed by atoms with Crippen molar-refractivity contribution in [1.29, 1.82) is 0 Å². The lowest BCUT2D eigenvalue weighted by Gasteiger charge is -2.33. The van der Waals surface area contributed by atoms with Crippen LogP contribution < -0.4 is 16.0 Å². The number of halogens is 1. The fourth-order valence-corrected chi connectivity index (χ4v) is 2.91. The molecule has 2 heterocycles. The number of hydrogen-bond acceptors (Lipinski definition) is 4. The van der Waals surface area contributed by atoms with Crippen LogP contribution in [0.2, 0.25) is 5.02 Å². The Labute approximate surface area is 140 Å². The summed E-state index contributed by atoms with van der Waals surface area (Å²) in [7, 11) is 0. The van der Waals surface area contributed by atoms with Crippen molar-refractivity contribution in [2.75, 3.05) is 29.9 Å². The van der Waals surface area contributed by atoms with Crippen LogP contribution >= 0.6 is 11.6 Å². The van der Waals surface area contributed by atoms with Crippen LogP contribution in [0, 0.1) is 0 Å². The molecule has 0 aromatic heterocycles. The molecule has 0 radical (unpaired) electrons. The van der Waals surface area contributed by atoms with Crippen LogP contribution in [0.5, 0.6) is 0 Å². The number of piperidine rings is 1. The summed E-state index contributed by atoms with van der Waals surface area (Å²) >= 11 is 6.11. The molecule has 0 atom stereocenters. The monoisotopic (exact) mass is 333 g/mol. The van der Waals surface area contributed by atoms with Gasteiger partial charge in [-0.15, -0.1) is 0 Å². The average molecular weight is 334 g/mol. The van der Waals surface area contributed by atoms with Crippen molar-refractivity contribution >= 4 is 35.3 Å². The number of nitrogens with one attached hydrogen (secondary N) is 1. The lowest BCUT2D eigenvalue weighted by Crippen LogP contribution is -2.40. The highest BCUT2D eigenvalue weighted by Crippen LogP contribution is 2.31. The molecule has 0 unspecified atom stereocenters. The van der Waals surface area contributed by atoms with Crippen LogP contribution in [0.3, 0.4) is 0 Å². The minimum Gasteiger partial charge on any atom is -0.370 e. The van der Waals surface area contributed by atoms with Gasteiger partial charge in [-0.25, -0.2) is 9.79 Å². The number of nitrogens with two attached hydrogens (primary N) is 1. The van der Waals surface area contributed by atoms with Crippen molar-refractivity contribution in [2.24, 2.45) is 10.7 Å². The topological polar surface area (TPSA) is 74.0 Å². The number of hydrogen-bond donors (Lipinski definition) is 2. The summed E-state index contributed by atoms with van der Waals surface area (Å²) in [6.07, 6.45) is 6.90. The largest absolute Gasteiger partial charge is 0.370 e. The molecule has 2 aliphatic heterocycles. The summed E-state index contributed by atoms with van der Waals surface area (Å²) in [6.45, 7) is 2.25. The van der Waals surface area contributed by atoms with Crippen LogP contribution in [0.4, 0.5) is 16.2 Å². The number of amides is 2. The van der Waals surface area contributed by atoms with Crippen molar-refractivity contribution in [1.82, 2.24) is 4.90 Å². The van der Waals surface area contributed by atoms with Gasteiger partial charge in [0.2, 0.25) is 0 Å². The molecule has 0 saturated carbocycles. The van der Waals surface area contributed by atoms with Crippen LogP contribution in [-0.4, -0.2) is 42.9 Å². The van der Waals surface area contributed by atoms with Crippen molar-refractivity contribution in [3.63, 3.8) is 0 Å². The van der Waals surface area contributed by atoms with Crippen LogP contribution in [0.15, 0.2) is 35.5 Å². The first-order valence-electron chi connectivity index (χ1n) is 7.69. The number of urea groups is 1. The van der Waals surface area contributed by atoms with E-state index in [1.165, 1.54) is 11.2 Å². The summed E-state index contributed by atoms with van der Waals surface area (Å²) in [4.78, 5) is 20.1. The second-order valence-electron chi connectivity index (χ2n) is 5.72. The Hall–Kier alpha value is -2.05. The molecule has 3 rings (SSSR count). The molecule has 1 fully saturated rings. The zero-order chi connectivity index (χ0) is 16.2. The number of carbonyl (C=O) groups excluding carboxylic acids is 1. The summed E-state index contributed by atoms with van der Waals surface area (Å²) in [5.74, 6) is 0. The van der Waals surface area contributed by atoms with Gasteiger partial charge in [-0.3, -0.25) is 4.90 Å². The van der Waals surface area contributed by atoms with Gasteiger partial charge in [-0.2, -0.15) is 0 Å². The van der Waals surface area contributed by atoms with Gasteiger partial charge >= 0.3 is 6.03 Å². The first-order valence-corrected chi connectivity index (χ1v) is 8.07. The van der Waals surface area contributed by atoms with Crippen molar-refractivity contribution < 1.29 is 4.79 Å². The molecule has 1 aromatic carbocycles. The van der Waals surface area contributed by atoms with Gasteiger partial charge < -0.3 is 16.0 Å². The van der Waals surface area contributed by atoms with Gasteiger partial charge in [0.1, 0.15) is 0 Å². The quantitative estimate of drug-likeness (QED) is 0.873. The molecule has 3 N–H and O–H groups in total. The number of aliphatic imine (C=N–C) groups is 1. The second kappa shape index (κ2) is 7.02. The SMILES string of the molecule is NC1CCN(c2ccc(Cl)cc2NC(=O)N2C=NC=CC2)CC1. The van der Waals surface area contributed by atoms with E-state index in [2.05, 4.69) is 15.2 Å². The van der Waals surface area contributed by atoms with E-state index in [0.717, 1.165) is 31.6 Å². The van der Waals surface area contributed by atoms with Crippen LogP contribution in [0.25, 0.3) is 0 Å². The van der Waals surface area contributed by atoms with E-state index >= 15 is 0 Å². The molecular formula is C16H20ClN5O. The molecule has 0 aliphatic carbocycles. The summed E-state index contributed by atoms with van der Waals surface area (Å²) < 4.78 is 0. The average Bonchev–Trinajstić information content (AvgIpc) is 2.57. The molecule has 1 saturated heterocycles. The maximum atomic E-state index is 12.4. The van der Waals surface area contributed by atoms with E-state index in [0.29, 0.717) is 17.3 Å². The molecule has 2 amide bonds. The highest BCUT2D eigenvalue weighted by atomic mass is 35.5. The third-order valence-electron chi connectivity index (χ3n) is 4.04. The second-order valence-corrected chi connectivity index (χ2v) is 6.15. The van der Waals surface area contributed by atoms with Gasteiger partial charge in [-0.1, -0.05) is 11.6 Å². The highest BCUT2D eigenvalue weighted by Gasteiger charge is 2.21. The van der Waals surface area contributed by atoms with E-state index in [9.17, 15) is 4.79 Å². The number of nitrogens with zero attached hydrogens (tertiary/aromatic N) is 3. The zero-order valence-corrected chi connectivity index (χ0v) is 13.5. The van der Waals surface area contributed by atoms with E-state index in [-0.39, 0.29) is 12.1 Å². The Kier molecular flexibility index (Phi) is 4.83. The minimum absolute atomic E-state index is 0.227. The fourth-order valence-electron chi connectivity index (χ4n) is 2.73. The van der Waals surface area contributed by atoms with Crippen LogP contribution in [-0.2, 0) is 0 Å². The zero-order valence-electron chi connectivity index (χ0n) is 12.8. The van der Waals surface area contributed by atoms with Crippen molar-refractivity contribution in [3.8, 4) is 0 Å². The lowest BCUT2D eigenvalue weighted by molar-refractivity contribution is 0.237. The van der Waals surface area contributed by atoms with Gasteiger partial charge in [0, 0.05) is 36.9 Å². The molecule has 23 heavy (non-hydrogen) atoms. The Balaban J connectivity index is 1.77. The van der Waals surface area contributed by atoms with Gasteiger partial charge in [0.25, 0.3) is 0 Å². The third kappa shape index (κ3) is 3.83. The van der Waals surface area contributed by atoms with Crippen molar-refractivity contribution in [2.45, 2.75) is 18.9 Å². The van der Waals surface area contributed by atoms with E-state index < -0.39 is 0 Å². The van der Waals surface area contributed by atoms with E-state index in [1.807, 2.05) is 18.2 Å². The third-order valence-corrected chi connectivity index (χ3v) is 4.28. The number of benzene rings is 1. The number of anilines is 2. The maximum absolute atomic E-state index is 12.4. The first kappa shape index (κ1) is 15.8. The predicted molar refractivity (Wildman–Crippen MR) is 94.2 cm³/mol. The molecule has 7 heteroatoms. The number of carbonyl (C=O) groups is 1. The predicted octanol–water partition coefficient (Wildman–Crippen LogP) is 2.66. The summed E-state index contributed by atoms with van der Waals surface area (Å²) in [5.41, 5.74) is 7.65. The fraction of sp³-hybridized carbons (Fsp3) is 0.375. The van der Waals surface area contributed by atoms with Crippen LogP contribution in [0.1, 0.15) is 12.8 Å². The highest BCUT2D eigenvalue weighted by molar-refractivity contribution is 6.31. The Morgan fingerprint density at radius 2 is 2.13 bits per heavy atom. The standard InChI is InChI=1S/C16H20ClN5O/c17-12-2-3-15(21-8-4-13(18)5-9-21)14(10-12)20-16(23)22-7-1-6-19-11-22/h1-3,6,10-11,13H,4-5,7-9,18H2,(H,20,23). The lowest BCUT2D eigenvalue weighted by atomic mass is 10.1. The Morgan fingerprint density at radius 3 is 2.83 bits per heavy atom. The van der Waals surface area contributed by atoms with Gasteiger partial charge in [0.05, 0.1) is 17.7 Å². The molecule has 6 nitrogen and oxygen atoms in total. The van der Waals surface area contributed by atoms with E-state index in [4.69, 9.17) is 17.3 Å². The number of rotatable bonds is 2. The van der Waals surface area contributed by atoms with E-state index in [1.54, 1.807) is 12.3 Å². The minimum atomic E-state index is -0.227. The molecule has 0 spiro atoms. The first-order chi connectivity index (χ1) is 11.1. The molecular weight excluding hydrogens is 314 g/mol.